The van der Waals surface area contributed by atoms with E-state index < -0.39 is 0 Å². The molecule has 0 bridgehead atoms. The molecule has 2 heterocycles. The predicted octanol–water partition coefficient (Wildman–Crippen LogP) is 0.668. The minimum atomic E-state index is 0.0325. The molecule has 4 heteroatoms. The molecule has 98 valence electrons. The zero-order chi connectivity index (χ0) is 12.3. The summed E-state index contributed by atoms with van der Waals surface area (Å²) < 4.78 is 0. The van der Waals surface area contributed by atoms with Crippen molar-refractivity contribution in [2.24, 2.45) is 11.7 Å². The van der Waals surface area contributed by atoms with Crippen molar-refractivity contribution in [3.05, 3.63) is 0 Å². The van der Waals surface area contributed by atoms with E-state index in [4.69, 9.17) is 5.73 Å². The Morgan fingerprint density at radius 1 is 1.35 bits per heavy atom. The van der Waals surface area contributed by atoms with Crippen LogP contribution in [0.5, 0.6) is 0 Å². The maximum absolute atomic E-state index is 12.3. The van der Waals surface area contributed by atoms with Gasteiger partial charge in [0.15, 0.2) is 0 Å². The number of nitrogens with two attached hydrogens (primary N) is 1. The summed E-state index contributed by atoms with van der Waals surface area (Å²) >= 11 is 0. The SMILES string of the molecule is CCC(CN)C(=O)N1CCN2CCCCC2C1. The molecule has 0 radical (unpaired) electrons. The maximum atomic E-state index is 12.3. The minimum Gasteiger partial charge on any atom is -0.340 e. The topological polar surface area (TPSA) is 49.6 Å². The van der Waals surface area contributed by atoms with Crippen LogP contribution in [-0.4, -0.2) is 54.5 Å². The van der Waals surface area contributed by atoms with Gasteiger partial charge in [0.25, 0.3) is 0 Å². The Morgan fingerprint density at radius 3 is 2.88 bits per heavy atom. The molecule has 0 aromatic rings. The second-order valence-corrected chi connectivity index (χ2v) is 5.31. The molecule has 17 heavy (non-hydrogen) atoms. The lowest BCUT2D eigenvalue weighted by Crippen LogP contribution is -2.57. The Kier molecular flexibility index (Phi) is 4.40. The van der Waals surface area contributed by atoms with Gasteiger partial charge in [-0.3, -0.25) is 9.69 Å². The second-order valence-electron chi connectivity index (χ2n) is 5.31. The first-order chi connectivity index (χ1) is 8.26. The highest BCUT2D eigenvalue weighted by Gasteiger charge is 2.32. The number of piperidine rings is 1. The Morgan fingerprint density at radius 2 is 2.18 bits per heavy atom. The van der Waals surface area contributed by atoms with Gasteiger partial charge in [-0.05, 0) is 25.8 Å². The molecule has 0 aromatic heterocycles. The fourth-order valence-electron chi connectivity index (χ4n) is 3.06. The van der Waals surface area contributed by atoms with E-state index in [1.807, 2.05) is 11.8 Å². The smallest absolute Gasteiger partial charge is 0.227 e. The number of amides is 1. The number of piperazine rings is 1. The van der Waals surface area contributed by atoms with Crippen LogP contribution in [0.2, 0.25) is 0 Å². The van der Waals surface area contributed by atoms with Crippen LogP contribution in [0.25, 0.3) is 0 Å². The monoisotopic (exact) mass is 239 g/mol. The molecule has 2 aliphatic rings. The molecule has 2 fully saturated rings. The first-order valence-corrected chi connectivity index (χ1v) is 6.99. The van der Waals surface area contributed by atoms with E-state index in [0.29, 0.717) is 12.6 Å². The molecule has 0 aliphatic carbocycles. The Labute approximate surface area is 104 Å². The summed E-state index contributed by atoms with van der Waals surface area (Å²) in [4.78, 5) is 16.9. The predicted molar refractivity (Wildman–Crippen MR) is 68.6 cm³/mol. The van der Waals surface area contributed by atoms with E-state index in [-0.39, 0.29) is 11.8 Å². The van der Waals surface area contributed by atoms with E-state index in [1.54, 1.807) is 0 Å². The average Bonchev–Trinajstić information content (AvgIpc) is 2.39. The van der Waals surface area contributed by atoms with Crippen LogP contribution < -0.4 is 5.73 Å². The third-order valence-corrected chi connectivity index (χ3v) is 4.28. The van der Waals surface area contributed by atoms with Crippen LogP contribution in [0.3, 0.4) is 0 Å². The molecule has 2 aliphatic heterocycles. The van der Waals surface area contributed by atoms with Gasteiger partial charge in [0.2, 0.25) is 5.91 Å². The van der Waals surface area contributed by atoms with Gasteiger partial charge in [0.1, 0.15) is 0 Å². The molecular weight excluding hydrogens is 214 g/mol. The third kappa shape index (κ3) is 2.80. The van der Waals surface area contributed by atoms with Crippen LogP contribution in [0, 0.1) is 5.92 Å². The van der Waals surface area contributed by atoms with Gasteiger partial charge in [0, 0.05) is 32.2 Å². The van der Waals surface area contributed by atoms with E-state index >= 15 is 0 Å². The van der Waals surface area contributed by atoms with E-state index in [9.17, 15) is 4.79 Å². The number of carbonyl (C=O) groups is 1. The van der Waals surface area contributed by atoms with Gasteiger partial charge in [-0.1, -0.05) is 13.3 Å². The summed E-state index contributed by atoms with van der Waals surface area (Å²) in [7, 11) is 0. The number of fused-ring (bicyclic) bond motifs is 1. The molecule has 0 saturated carbocycles. The molecular formula is C13H25N3O. The second kappa shape index (κ2) is 5.83. The lowest BCUT2D eigenvalue weighted by molar-refractivity contribution is -0.138. The number of nitrogens with zero attached hydrogens (tertiary/aromatic N) is 2. The van der Waals surface area contributed by atoms with Crippen molar-refractivity contribution in [1.29, 1.82) is 0 Å². The molecule has 1 amide bonds. The van der Waals surface area contributed by atoms with Crippen LogP contribution in [0.15, 0.2) is 0 Å². The summed E-state index contributed by atoms with van der Waals surface area (Å²) in [5, 5.41) is 0. The van der Waals surface area contributed by atoms with Gasteiger partial charge >= 0.3 is 0 Å². The van der Waals surface area contributed by atoms with Crippen molar-refractivity contribution in [2.75, 3.05) is 32.7 Å². The van der Waals surface area contributed by atoms with Crippen LogP contribution in [0.4, 0.5) is 0 Å². The van der Waals surface area contributed by atoms with E-state index in [0.717, 1.165) is 26.1 Å². The molecule has 2 unspecified atom stereocenters. The highest BCUT2D eigenvalue weighted by atomic mass is 16.2. The van der Waals surface area contributed by atoms with Crippen molar-refractivity contribution in [3.8, 4) is 0 Å². The average molecular weight is 239 g/mol. The zero-order valence-electron chi connectivity index (χ0n) is 10.9. The van der Waals surface area contributed by atoms with Crippen molar-refractivity contribution in [3.63, 3.8) is 0 Å². The maximum Gasteiger partial charge on any atom is 0.227 e. The van der Waals surface area contributed by atoms with Gasteiger partial charge in [-0.2, -0.15) is 0 Å². The molecule has 0 aromatic carbocycles. The molecule has 4 nitrogen and oxygen atoms in total. The fraction of sp³-hybridized carbons (Fsp3) is 0.923. The van der Waals surface area contributed by atoms with Crippen molar-refractivity contribution < 1.29 is 4.79 Å². The van der Waals surface area contributed by atoms with Crippen molar-refractivity contribution in [2.45, 2.75) is 38.6 Å². The van der Waals surface area contributed by atoms with Gasteiger partial charge in [-0.25, -0.2) is 0 Å². The van der Waals surface area contributed by atoms with Crippen LogP contribution in [-0.2, 0) is 4.79 Å². The van der Waals surface area contributed by atoms with Gasteiger partial charge in [-0.15, -0.1) is 0 Å². The quantitative estimate of drug-likeness (QED) is 0.787. The standard InChI is InChI=1S/C13H25N3O/c1-2-11(9-14)13(17)16-8-7-15-6-4-3-5-12(15)10-16/h11-12H,2-10,14H2,1H3. The van der Waals surface area contributed by atoms with Crippen LogP contribution >= 0.6 is 0 Å². The number of hydrogen-bond acceptors (Lipinski definition) is 3. The Hall–Kier alpha value is -0.610. The van der Waals surface area contributed by atoms with E-state index in [1.165, 1.54) is 25.8 Å². The first-order valence-electron chi connectivity index (χ1n) is 6.99. The van der Waals surface area contributed by atoms with Gasteiger partial charge < -0.3 is 10.6 Å². The number of rotatable bonds is 3. The first kappa shape index (κ1) is 12.8. The lowest BCUT2D eigenvalue weighted by Gasteiger charge is -2.44. The summed E-state index contributed by atoms with van der Waals surface area (Å²) in [5.74, 6) is 0.311. The highest BCUT2D eigenvalue weighted by molar-refractivity contribution is 5.79. The summed E-state index contributed by atoms with van der Waals surface area (Å²) in [6.45, 7) is 6.63. The van der Waals surface area contributed by atoms with E-state index in [2.05, 4.69) is 4.90 Å². The molecule has 2 rings (SSSR count). The normalized spacial score (nSPS) is 27.6. The van der Waals surface area contributed by atoms with Crippen LogP contribution in [0.1, 0.15) is 32.6 Å². The molecule has 2 saturated heterocycles. The van der Waals surface area contributed by atoms with Crippen molar-refractivity contribution >= 4 is 5.91 Å². The summed E-state index contributed by atoms with van der Waals surface area (Å²) in [6, 6.07) is 0.608. The molecule has 2 atom stereocenters. The summed E-state index contributed by atoms with van der Waals surface area (Å²) in [5.41, 5.74) is 5.66. The molecule has 2 N–H and O–H groups in total. The van der Waals surface area contributed by atoms with Crippen molar-refractivity contribution in [1.82, 2.24) is 9.80 Å². The number of hydrogen-bond donors (Lipinski definition) is 1. The lowest BCUT2D eigenvalue weighted by atomic mass is 9.98. The number of carbonyl (C=O) groups excluding carboxylic acids is 1. The fourth-order valence-corrected chi connectivity index (χ4v) is 3.06. The minimum absolute atomic E-state index is 0.0325. The highest BCUT2D eigenvalue weighted by Crippen LogP contribution is 2.22. The largest absolute Gasteiger partial charge is 0.340 e. The third-order valence-electron chi connectivity index (χ3n) is 4.28. The summed E-state index contributed by atoms with van der Waals surface area (Å²) in [6.07, 6.45) is 4.76. The Balaban J connectivity index is 1.92. The molecule has 0 spiro atoms. The zero-order valence-corrected chi connectivity index (χ0v) is 10.9. The Bertz CT molecular complexity index is 265. The van der Waals surface area contributed by atoms with Gasteiger partial charge in [0.05, 0.1) is 5.92 Å².